The molecule has 18 heavy (non-hydrogen) atoms. The summed E-state index contributed by atoms with van der Waals surface area (Å²) in [4.78, 5) is 14.2. The van der Waals surface area contributed by atoms with E-state index in [-0.39, 0.29) is 23.9 Å². The zero-order chi connectivity index (χ0) is 13.1. The minimum Gasteiger partial charge on any atom is -0.375 e. The molecule has 3 nitrogen and oxygen atoms in total. The van der Waals surface area contributed by atoms with E-state index in [4.69, 9.17) is 4.74 Å². The third-order valence-electron chi connectivity index (χ3n) is 3.29. The largest absolute Gasteiger partial charge is 0.375 e. The monoisotopic (exact) mass is 251 g/mol. The number of ether oxygens (including phenoxy) is 1. The topological polar surface area (TPSA) is 29.5 Å². The molecule has 1 saturated heterocycles. The summed E-state index contributed by atoms with van der Waals surface area (Å²) in [6, 6.07) is 5.81. The number of carbonyl (C=O) groups excluding carboxylic acids is 1. The van der Waals surface area contributed by atoms with Crippen molar-refractivity contribution in [1.82, 2.24) is 4.90 Å². The molecule has 1 fully saturated rings. The molecule has 4 heteroatoms. The van der Waals surface area contributed by atoms with Crippen LogP contribution in [0.2, 0.25) is 0 Å². The average molecular weight is 251 g/mol. The van der Waals surface area contributed by atoms with Crippen molar-refractivity contribution >= 4 is 5.91 Å². The molecule has 1 aliphatic rings. The molecule has 98 valence electrons. The zero-order valence-corrected chi connectivity index (χ0v) is 10.7. The molecule has 2 unspecified atom stereocenters. The number of benzene rings is 1. The van der Waals surface area contributed by atoms with Gasteiger partial charge in [-0.25, -0.2) is 4.39 Å². The second kappa shape index (κ2) is 5.48. The molecule has 1 aromatic carbocycles. The Hall–Kier alpha value is -1.42. The summed E-state index contributed by atoms with van der Waals surface area (Å²) >= 11 is 0. The van der Waals surface area contributed by atoms with Crippen molar-refractivity contribution in [2.75, 3.05) is 13.2 Å². The van der Waals surface area contributed by atoms with Crippen LogP contribution in [-0.2, 0) is 4.74 Å². The van der Waals surface area contributed by atoms with Crippen molar-refractivity contribution in [3.8, 4) is 0 Å². The first-order chi connectivity index (χ1) is 8.61. The van der Waals surface area contributed by atoms with Crippen molar-refractivity contribution < 1.29 is 13.9 Å². The lowest BCUT2D eigenvalue weighted by atomic mass is 10.1. The summed E-state index contributed by atoms with van der Waals surface area (Å²) in [5.41, 5.74) is 0.531. The molecule has 1 heterocycles. The van der Waals surface area contributed by atoms with Gasteiger partial charge in [-0.2, -0.15) is 0 Å². The van der Waals surface area contributed by atoms with Gasteiger partial charge in [0.25, 0.3) is 5.91 Å². The maximum absolute atomic E-state index is 12.9. The van der Waals surface area contributed by atoms with Crippen molar-refractivity contribution in [2.24, 2.45) is 0 Å². The standard InChI is InChI=1S/C14H18FNO2/c1-3-13-9-18-10(2)8-16(13)14(17)11-4-6-12(15)7-5-11/h4-7,10,13H,3,8-9H2,1-2H3. The van der Waals surface area contributed by atoms with E-state index in [1.165, 1.54) is 24.3 Å². The Balaban J connectivity index is 2.17. The van der Waals surface area contributed by atoms with Crippen LogP contribution in [0.15, 0.2) is 24.3 Å². The first kappa shape index (κ1) is 13.0. The van der Waals surface area contributed by atoms with E-state index in [0.29, 0.717) is 18.7 Å². The van der Waals surface area contributed by atoms with Crippen LogP contribution in [0.4, 0.5) is 4.39 Å². The van der Waals surface area contributed by atoms with Crippen molar-refractivity contribution in [3.05, 3.63) is 35.6 Å². The van der Waals surface area contributed by atoms with E-state index in [9.17, 15) is 9.18 Å². The Kier molecular flexibility index (Phi) is 3.97. The molecule has 1 aliphatic heterocycles. The lowest BCUT2D eigenvalue weighted by molar-refractivity contribution is -0.0444. The Morgan fingerprint density at radius 1 is 1.44 bits per heavy atom. The first-order valence-electron chi connectivity index (χ1n) is 6.30. The first-order valence-corrected chi connectivity index (χ1v) is 6.30. The van der Waals surface area contributed by atoms with Gasteiger partial charge in [0, 0.05) is 12.1 Å². The average Bonchev–Trinajstić information content (AvgIpc) is 2.39. The zero-order valence-electron chi connectivity index (χ0n) is 10.7. The molecule has 0 radical (unpaired) electrons. The van der Waals surface area contributed by atoms with E-state index in [1.54, 1.807) is 0 Å². The Bertz CT molecular complexity index is 418. The summed E-state index contributed by atoms with van der Waals surface area (Å²) in [7, 11) is 0. The Morgan fingerprint density at radius 2 is 2.11 bits per heavy atom. The molecule has 1 aromatic rings. The Morgan fingerprint density at radius 3 is 2.72 bits per heavy atom. The molecule has 0 aliphatic carbocycles. The van der Waals surface area contributed by atoms with Gasteiger partial charge in [0.2, 0.25) is 0 Å². The number of carbonyl (C=O) groups is 1. The van der Waals surface area contributed by atoms with E-state index in [2.05, 4.69) is 0 Å². The van der Waals surface area contributed by atoms with E-state index < -0.39 is 0 Å². The van der Waals surface area contributed by atoms with Crippen LogP contribution in [0.5, 0.6) is 0 Å². The van der Waals surface area contributed by atoms with Crippen LogP contribution >= 0.6 is 0 Å². The molecule has 0 saturated carbocycles. The quantitative estimate of drug-likeness (QED) is 0.808. The number of morpholine rings is 1. The molecule has 0 aromatic heterocycles. The minimum absolute atomic E-state index is 0.0444. The van der Waals surface area contributed by atoms with Gasteiger partial charge in [0.05, 0.1) is 18.8 Å². The third kappa shape index (κ3) is 2.70. The SMILES string of the molecule is CCC1COC(C)CN1C(=O)c1ccc(F)cc1. The highest BCUT2D eigenvalue weighted by Gasteiger charge is 2.29. The smallest absolute Gasteiger partial charge is 0.254 e. The van der Waals surface area contributed by atoms with Gasteiger partial charge in [-0.1, -0.05) is 6.92 Å². The third-order valence-corrected chi connectivity index (χ3v) is 3.29. The minimum atomic E-state index is -0.325. The molecule has 0 bridgehead atoms. The summed E-state index contributed by atoms with van der Waals surface area (Å²) in [5.74, 6) is -0.370. The number of amides is 1. The van der Waals surface area contributed by atoms with Gasteiger partial charge in [-0.3, -0.25) is 4.79 Å². The summed E-state index contributed by atoms with van der Waals surface area (Å²) in [5, 5.41) is 0. The van der Waals surface area contributed by atoms with Crippen LogP contribution in [0.25, 0.3) is 0 Å². The number of halogens is 1. The predicted molar refractivity (Wildman–Crippen MR) is 66.9 cm³/mol. The fraction of sp³-hybridized carbons (Fsp3) is 0.500. The molecule has 2 rings (SSSR count). The van der Waals surface area contributed by atoms with Gasteiger partial charge < -0.3 is 9.64 Å². The maximum Gasteiger partial charge on any atom is 0.254 e. The van der Waals surface area contributed by atoms with Crippen LogP contribution in [0.3, 0.4) is 0 Å². The number of hydrogen-bond acceptors (Lipinski definition) is 2. The van der Waals surface area contributed by atoms with Crippen molar-refractivity contribution in [2.45, 2.75) is 32.4 Å². The highest BCUT2D eigenvalue weighted by molar-refractivity contribution is 5.94. The fourth-order valence-electron chi connectivity index (χ4n) is 2.19. The second-order valence-corrected chi connectivity index (χ2v) is 4.67. The van der Waals surface area contributed by atoms with Crippen LogP contribution in [-0.4, -0.2) is 36.1 Å². The van der Waals surface area contributed by atoms with Crippen molar-refractivity contribution in [3.63, 3.8) is 0 Å². The van der Waals surface area contributed by atoms with E-state index >= 15 is 0 Å². The number of nitrogens with zero attached hydrogens (tertiary/aromatic N) is 1. The van der Waals surface area contributed by atoms with Crippen LogP contribution in [0, 0.1) is 5.82 Å². The highest BCUT2D eigenvalue weighted by atomic mass is 19.1. The lowest BCUT2D eigenvalue weighted by Crippen LogP contribution is -2.51. The lowest BCUT2D eigenvalue weighted by Gasteiger charge is -2.38. The highest BCUT2D eigenvalue weighted by Crippen LogP contribution is 2.18. The summed E-state index contributed by atoms with van der Waals surface area (Å²) in [6.07, 6.45) is 0.914. The summed E-state index contributed by atoms with van der Waals surface area (Å²) < 4.78 is 18.4. The molecule has 0 N–H and O–H groups in total. The van der Waals surface area contributed by atoms with Gasteiger partial charge in [0.1, 0.15) is 5.82 Å². The van der Waals surface area contributed by atoms with Gasteiger partial charge in [-0.05, 0) is 37.6 Å². The normalized spacial score (nSPS) is 24.1. The fourth-order valence-corrected chi connectivity index (χ4v) is 2.19. The molecule has 2 atom stereocenters. The second-order valence-electron chi connectivity index (χ2n) is 4.67. The molecule has 1 amide bonds. The molecule has 0 spiro atoms. The maximum atomic E-state index is 12.9. The van der Waals surface area contributed by atoms with Gasteiger partial charge in [-0.15, -0.1) is 0 Å². The van der Waals surface area contributed by atoms with E-state index in [0.717, 1.165) is 6.42 Å². The van der Waals surface area contributed by atoms with E-state index in [1.807, 2.05) is 18.7 Å². The van der Waals surface area contributed by atoms with Gasteiger partial charge in [0.15, 0.2) is 0 Å². The van der Waals surface area contributed by atoms with Gasteiger partial charge >= 0.3 is 0 Å². The number of hydrogen-bond donors (Lipinski definition) is 0. The predicted octanol–water partition coefficient (Wildman–Crippen LogP) is 2.47. The van der Waals surface area contributed by atoms with Crippen molar-refractivity contribution in [1.29, 1.82) is 0 Å². The van der Waals surface area contributed by atoms with Crippen LogP contribution < -0.4 is 0 Å². The summed E-state index contributed by atoms with van der Waals surface area (Å²) in [6.45, 7) is 5.16. The molecular weight excluding hydrogens is 233 g/mol. The molecular formula is C14H18FNO2. The Labute approximate surface area is 107 Å². The number of rotatable bonds is 2. The van der Waals surface area contributed by atoms with Crippen LogP contribution in [0.1, 0.15) is 30.6 Å².